The number of H-pyrrole nitrogens is 1. The topological polar surface area (TPSA) is 98.3 Å². The number of hydrogen-bond acceptors (Lipinski definition) is 4. The average molecular weight is 396 g/mol. The Morgan fingerprint density at radius 2 is 2.00 bits per heavy atom. The normalized spacial score (nSPS) is 21.1. The van der Waals surface area contributed by atoms with E-state index in [0.29, 0.717) is 11.6 Å². The first-order valence-electron chi connectivity index (χ1n) is 10.3. The van der Waals surface area contributed by atoms with Gasteiger partial charge >= 0.3 is 5.97 Å². The monoisotopic (exact) mass is 396 g/mol. The first-order valence-corrected chi connectivity index (χ1v) is 10.3. The number of aromatic amines is 1. The van der Waals surface area contributed by atoms with Crippen LogP contribution in [-0.4, -0.2) is 57.3 Å². The summed E-state index contributed by atoms with van der Waals surface area (Å²) in [5.41, 5.74) is 4.54. The van der Waals surface area contributed by atoms with Crippen LogP contribution in [0.15, 0.2) is 24.3 Å². The number of benzene rings is 1. The van der Waals surface area contributed by atoms with E-state index >= 15 is 0 Å². The van der Waals surface area contributed by atoms with Crippen molar-refractivity contribution in [3.63, 3.8) is 0 Å². The molecule has 0 bridgehead atoms. The quantitative estimate of drug-likeness (QED) is 0.637. The predicted molar refractivity (Wildman–Crippen MR) is 110 cm³/mol. The fourth-order valence-electron chi connectivity index (χ4n) is 4.09. The van der Waals surface area contributed by atoms with Gasteiger partial charge in [-0.2, -0.15) is 5.10 Å². The van der Waals surface area contributed by atoms with Gasteiger partial charge < -0.3 is 10.4 Å². The van der Waals surface area contributed by atoms with Crippen molar-refractivity contribution in [1.82, 2.24) is 20.4 Å². The molecule has 7 heteroatoms. The van der Waals surface area contributed by atoms with Crippen molar-refractivity contribution in [3.05, 3.63) is 41.1 Å². The largest absolute Gasteiger partial charge is 0.480 e. The van der Waals surface area contributed by atoms with Gasteiger partial charge in [-0.05, 0) is 57.1 Å². The Morgan fingerprint density at radius 3 is 2.66 bits per heavy atom. The van der Waals surface area contributed by atoms with Gasteiger partial charge in [0, 0.05) is 24.2 Å². The number of rotatable bonds is 8. The predicted octanol–water partition coefficient (Wildman–Crippen LogP) is 2.75. The molecule has 0 saturated heterocycles. The number of carbonyl (C=O) groups excluding carboxylic acids is 1. The zero-order valence-electron chi connectivity index (χ0n) is 16.9. The van der Waals surface area contributed by atoms with Crippen molar-refractivity contribution in [2.24, 2.45) is 5.92 Å². The van der Waals surface area contributed by atoms with Gasteiger partial charge in [-0.25, -0.2) is 0 Å². The number of nitrogens with zero attached hydrogens (tertiary/aromatic N) is 2. The summed E-state index contributed by atoms with van der Waals surface area (Å²) in [4.78, 5) is 25.8. The van der Waals surface area contributed by atoms with Crippen molar-refractivity contribution in [2.45, 2.75) is 51.6 Å². The number of carboxylic acid groups (broad SMARTS) is 1. The van der Waals surface area contributed by atoms with Crippen LogP contribution in [0, 0.1) is 19.8 Å². The van der Waals surface area contributed by atoms with Crippen molar-refractivity contribution in [1.29, 1.82) is 0 Å². The molecule has 4 rings (SSSR count). The Bertz CT molecular complexity index is 913. The fourth-order valence-corrected chi connectivity index (χ4v) is 4.09. The molecule has 154 valence electrons. The molecule has 0 atom stereocenters. The van der Waals surface area contributed by atoms with Crippen molar-refractivity contribution in [3.8, 4) is 11.3 Å². The van der Waals surface area contributed by atoms with Gasteiger partial charge in [0.05, 0.1) is 12.2 Å². The highest BCUT2D eigenvalue weighted by Gasteiger charge is 2.38. The fraction of sp³-hybridized carbons (Fsp3) is 0.500. The smallest absolute Gasteiger partial charge is 0.317 e. The van der Waals surface area contributed by atoms with Gasteiger partial charge in [0.1, 0.15) is 5.69 Å². The van der Waals surface area contributed by atoms with E-state index in [-0.39, 0.29) is 24.5 Å². The van der Waals surface area contributed by atoms with Gasteiger partial charge in [-0.3, -0.25) is 19.6 Å². The first-order chi connectivity index (χ1) is 13.9. The Labute approximate surface area is 170 Å². The van der Waals surface area contributed by atoms with Crippen LogP contribution < -0.4 is 5.32 Å². The van der Waals surface area contributed by atoms with Crippen LogP contribution in [0.3, 0.4) is 0 Å². The lowest BCUT2D eigenvalue weighted by molar-refractivity contribution is -0.139. The summed E-state index contributed by atoms with van der Waals surface area (Å²) in [6.45, 7) is 5.03. The third kappa shape index (κ3) is 4.67. The number of hydrogen-bond donors (Lipinski definition) is 3. The Hall–Kier alpha value is -2.67. The highest BCUT2D eigenvalue weighted by Crippen LogP contribution is 2.34. The minimum Gasteiger partial charge on any atom is -0.480 e. The summed E-state index contributed by atoms with van der Waals surface area (Å²) in [7, 11) is 0. The Kier molecular flexibility index (Phi) is 5.41. The number of nitrogens with one attached hydrogen (secondary N) is 2. The van der Waals surface area contributed by atoms with Crippen LogP contribution in [0.1, 0.15) is 47.3 Å². The van der Waals surface area contributed by atoms with Gasteiger partial charge in [0.25, 0.3) is 5.91 Å². The first kappa shape index (κ1) is 19.6. The van der Waals surface area contributed by atoms with Gasteiger partial charge in [-0.1, -0.05) is 23.8 Å². The lowest BCUT2D eigenvalue weighted by Crippen LogP contribution is -2.55. The molecule has 2 aromatic rings. The van der Waals surface area contributed by atoms with Crippen LogP contribution in [0.2, 0.25) is 0 Å². The zero-order chi connectivity index (χ0) is 20.5. The lowest BCUT2D eigenvalue weighted by atomic mass is 9.85. The summed E-state index contributed by atoms with van der Waals surface area (Å²) in [5.74, 6) is -0.296. The molecule has 2 fully saturated rings. The van der Waals surface area contributed by atoms with E-state index in [0.717, 1.165) is 36.2 Å². The van der Waals surface area contributed by atoms with Crippen molar-refractivity contribution < 1.29 is 14.7 Å². The second-order valence-electron chi connectivity index (χ2n) is 8.55. The maximum Gasteiger partial charge on any atom is 0.317 e. The molecule has 29 heavy (non-hydrogen) atoms. The maximum atomic E-state index is 12.6. The minimum absolute atomic E-state index is 0.0795. The number of amides is 1. The van der Waals surface area contributed by atoms with E-state index in [2.05, 4.69) is 26.5 Å². The highest BCUT2D eigenvalue weighted by molar-refractivity contribution is 5.93. The van der Waals surface area contributed by atoms with Crippen LogP contribution in [-0.2, 0) is 4.79 Å². The standard InChI is InChI=1S/C22H28N4O3/c1-13-3-6-18(14(2)7-13)19-10-20(25-24-19)22(29)23-16-8-17(9-16)26(12-21(27)28)11-15-4-5-15/h3,6-7,10,15-17H,4-5,8-9,11-12H2,1-2H3,(H,23,29)(H,24,25)(H,27,28). The SMILES string of the molecule is Cc1ccc(-c2cc(C(=O)NC3CC(N(CC(=O)O)CC4CC4)C3)[nH]n2)c(C)c1. The van der Waals surface area contributed by atoms with Crippen molar-refractivity contribution in [2.75, 3.05) is 13.1 Å². The second kappa shape index (κ2) is 7.99. The number of aryl methyl sites for hydroxylation is 2. The summed E-state index contributed by atoms with van der Waals surface area (Å²) in [6.07, 6.45) is 3.99. The molecule has 3 N–H and O–H groups in total. The van der Waals surface area contributed by atoms with E-state index in [1.54, 1.807) is 6.07 Å². The molecule has 1 amide bonds. The molecule has 0 spiro atoms. The van der Waals surface area contributed by atoms with E-state index < -0.39 is 5.97 Å². The molecular weight excluding hydrogens is 368 g/mol. The molecule has 2 aliphatic carbocycles. The molecule has 1 aromatic carbocycles. The molecule has 0 radical (unpaired) electrons. The number of aliphatic carboxylic acids is 1. The molecule has 1 heterocycles. The second-order valence-corrected chi connectivity index (χ2v) is 8.55. The van der Waals surface area contributed by atoms with Crippen LogP contribution in [0.4, 0.5) is 0 Å². The zero-order valence-corrected chi connectivity index (χ0v) is 16.9. The average Bonchev–Trinajstić information content (AvgIpc) is 3.29. The van der Waals surface area contributed by atoms with E-state index in [4.69, 9.17) is 5.11 Å². The molecule has 0 aliphatic heterocycles. The van der Waals surface area contributed by atoms with Crippen LogP contribution >= 0.6 is 0 Å². The van der Waals surface area contributed by atoms with E-state index in [9.17, 15) is 9.59 Å². The maximum absolute atomic E-state index is 12.6. The Balaban J connectivity index is 1.32. The van der Waals surface area contributed by atoms with Gasteiger partial charge in [-0.15, -0.1) is 0 Å². The third-order valence-corrected chi connectivity index (χ3v) is 5.97. The molecule has 2 aliphatic rings. The summed E-state index contributed by atoms with van der Waals surface area (Å²) in [6, 6.07) is 8.27. The third-order valence-electron chi connectivity index (χ3n) is 5.97. The minimum atomic E-state index is -0.783. The molecule has 2 saturated carbocycles. The van der Waals surface area contributed by atoms with Crippen LogP contribution in [0.5, 0.6) is 0 Å². The Morgan fingerprint density at radius 1 is 1.24 bits per heavy atom. The van der Waals surface area contributed by atoms with Crippen molar-refractivity contribution >= 4 is 11.9 Å². The van der Waals surface area contributed by atoms with E-state index in [1.165, 1.54) is 18.4 Å². The molecule has 1 aromatic heterocycles. The van der Waals surface area contributed by atoms with Gasteiger partial charge in [0.15, 0.2) is 0 Å². The molecular formula is C22H28N4O3. The molecule has 7 nitrogen and oxygen atoms in total. The molecule has 0 unspecified atom stereocenters. The number of aromatic nitrogens is 2. The number of carbonyl (C=O) groups is 2. The van der Waals surface area contributed by atoms with Gasteiger partial charge in [0.2, 0.25) is 0 Å². The lowest BCUT2D eigenvalue weighted by Gasteiger charge is -2.42. The van der Waals surface area contributed by atoms with Crippen LogP contribution in [0.25, 0.3) is 11.3 Å². The highest BCUT2D eigenvalue weighted by atomic mass is 16.4. The number of carboxylic acids is 1. The summed E-state index contributed by atoms with van der Waals surface area (Å²) < 4.78 is 0. The summed E-state index contributed by atoms with van der Waals surface area (Å²) in [5, 5.41) is 19.3. The summed E-state index contributed by atoms with van der Waals surface area (Å²) >= 11 is 0. The van der Waals surface area contributed by atoms with E-state index in [1.807, 2.05) is 26.0 Å².